The van der Waals surface area contributed by atoms with Crippen LogP contribution in [0.3, 0.4) is 0 Å². The van der Waals surface area contributed by atoms with Gasteiger partial charge in [0.15, 0.2) is 12.6 Å². The van der Waals surface area contributed by atoms with E-state index in [1.165, 1.54) is 18.2 Å². The first kappa shape index (κ1) is 28.7. The SMILES string of the molecule is CCOC(COc1ccc(Br)c(F)c1)OCC.Cl.O=CCOc1ccc(Br)c(F)c1. The van der Waals surface area contributed by atoms with Gasteiger partial charge in [-0.05, 0) is 70.0 Å². The van der Waals surface area contributed by atoms with Crippen molar-refractivity contribution in [1.29, 1.82) is 0 Å². The van der Waals surface area contributed by atoms with Gasteiger partial charge < -0.3 is 18.9 Å². The summed E-state index contributed by atoms with van der Waals surface area (Å²) in [5.74, 6) is 0.0446. The summed E-state index contributed by atoms with van der Waals surface area (Å²) < 4.78 is 47.7. The van der Waals surface area contributed by atoms with Crippen molar-refractivity contribution in [1.82, 2.24) is 0 Å². The lowest BCUT2D eigenvalue weighted by atomic mass is 10.3. The zero-order valence-corrected chi connectivity index (χ0v) is 20.4. The molecule has 2 aromatic carbocycles. The van der Waals surface area contributed by atoms with Crippen molar-refractivity contribution < 1.29 is 32.5 Å². The fourth-order valence-electron chi connectivity index (χ4n) is 1.94. The van der Waals surface area contributed by atoms with E-state index in [0.717, 1.165) is 0 Å². The average Bonchev–Trinajstić information content (AvgIpc) is 2.70. The third-order valence-corrected chi connectivity index (χ3v) is 4.48. The standard InChI is InChI=1S/C12H16BrFO3.C8H6BrFO2.ClH/c1-3-15-12(16-4-2)8-17-9-5-6-10(13)11(14)7-9;9-7-2-1-6(5-8(7)10)12-4-3-11;/h5-7,12H,3-4,8H2,1-2H3;1-3,5H,4H2;1H. The fourth-order valence-corrected chi connectivity index (χ4v) is 2.44. The molecule has 0 atom stereocenters. The Kier molecular flexibility index (Phi) is 15.7. The summed E-state index contributed by atoms with van der Waals surface area (Å²) in [6.07, 6.45) is 0.191. The topological polar surface area (TPSA) is 54.0 Å². The van der Waals surface area contributed by atoms with Gasteiger partial charge in [-0.2, -0.15) is 0 Å². The molecule has 0 aromatic heterocycles. The molecule has 0 radical (unpaired) electrons. The minimum atomic E-state index is -0.420. The van der Waals surface area contributed by atoms with E-state index < -0.39 is 12.1 Å². The van der Waals surface area contributed by atoms with E-state index in [2.05, 4.69) is 31.9 Å². The van der Waals surface area contributed by atoms with Crippen molar-refractivity contribution in [3.05, 3.63) is 57.0 Å². The number of aldehydes is 1. The van der Waals surface area contributed by atoms with Crippen LogP contribution in [0.4, 0.5) is 8.78 Å². The molecule has 168 valence electrons. The van der Waals surface area contributed by atoms with E-state index in [-0.39, 0.29) is 31.4 Å². The first-order valence-electron chi connectivity index (χ1n) is 8.73. The lowest BCUT2D eigenvalue weighted by Crippen LogP contribution is -2.25. The van der Waals surface area contributed by atoms with Gasteiger partial charge in [0.25, 0.3) is 0 Å². The number of rotatable bonds is 10. The molecule has 0 fully saturated rings. The van der Waals surface area contributed by atoms with Crippen molar-refractivity contribution >= 4 is 50.6 Å². The summed E-state index contributed by atoms with van der Waals surface area (Å²) in [6, 6.07) is 8.92. The molecule has 2 aromatic rings. The summed E-state index contributed by atoms with van der Waals surface area (Å²) in [6.45, 7) is 5.03. The maximum absolute atomic E-state index is 13.2. The zero-order chi connectivity index (χ0) is 21.6. The molecule has 0 spiro atoms. The van der Waals surface area contributed by atoms with Gasteiger partial charge in [-0.3, -0.25) is 4.79 Å². The van der Waals surface area contributed by atoms with Crippen LogP contribution >= 0.6 is 44.3 Å². The Hall–Kier alpha value is -1.26. The molecule has 0 saturated carbocycles. The van der Waals surface area contributed by atoms with Gasteiger partial charge >= 0.3 is 0 Å². The monoisotopic (exact) mass is 574 g/mol. The molecule has 0 saturated heterocycles. The second kappa shape index (κ2) is 16.4. The minimum absolute atomic E-state index is 0. The fraction of sp³-hybridized carbons (Fsp3) is 0.350. The second-order valence-electron chi connectivity index (χ2n) is 5.28. The van der Waals surface area contributed by atoms with Crippen molar-refractivity contribution in [3.63, 3.8) is 0 Å². The van der Waals surface area contributed by atoms with Crippen molar-refractivity contribution in [2.75, 3.05) is 26.4 Å². The quantitative estimate of drug-likeness (QED) is 0.258. The molecule has 0 heterocycles. The van der Waals surface area contributed by atoms with Crippen molar-refractivity contribution in [3.8, 4) is 11.5 Å². The molecule has 2 rings (SSSR count). The Bertz CT molecular complexity index is 762. The molecule has 10 heteroatoms. The van der Waals surface area contributed by atoms with E-state index in [9.17, 15) is 13.6 Å². The first-order valence-corrected chi connectivity index (χ1v) is 10.3. The zero-order valence-electron chi connectivity index (χ0n) is 16.4. The molecule has 0 N–H and O–H groups in total. The van der Waals surface area contributed by atoms with E-state index in [0.29, 0.717) is 39.9 Å². The maximum Gasteiger partial charge on any atom is 0.191 e. The summed E-state index contributed by atoms with van der Waals surface area (Å²) >= 11 is 6.08. The normalized spacial score (nSPS) is 9.97. The van der Waals surface area contributed by atoms with Crippen LogP contribution in [0.15, 0.2) is 45.3 Å². The number of ether oxygens (including phenoxy) is 4. The summed E-state index contributed by atoms with van der Waals surface area (Å²) in [5, 5.41) is 0. The predicted octanol–water partition coefficient (Wildman–Crippen LogP) is 5.95. The third kappa shape index (κ3) is 11.2. The van der Waals surface area contributed by atoms with Gasteiger partial charge in [-0.15, -0.1) is 12.4 Å². The smallest absolute Gasteiger partial charge is 0.191 e. The van der Waals surface area contributed by atoms with Crippen LogP contribution in [0, 0.1) is 11.6 Å². The Morgan fingerprint density at radius 1 is 0.900 bits per heavy atom. The molecule has 0 amide bonds. The van der Waals surface area contributed by atoms with Crippen LogP contribution in [-0.2, 0) is 14.3 Å². The molecular formula is C20H23Br2ClF2O5. The van der Waals surface area contributed by atoms with Gasteiger partial charge in [0.2, 0.25) is 0 Å². The third-order valence-electron chi connectivity index (χ3n) is 3.19. The van der Waals surface area contributed by atoms with Crippen molar-refractivity contribution in [2.45, 2.75) is 20.1 Å². The average molecular weight is 577 g/mol. The number of benzene rings is 2. The maximum atomic E-state index is 13.2. The van der Waals surface area contributed by atoms with Crippen LogP contribution in [0.1, 0.15) is 13.8 Å². The molecule has 5 nitrogen and oxygen atoms in total. The highest BCUT2D eigenvalue weighted by Crippen LogP contribution is 2.21. The highest BCUT2D eigenvalue weighted by Gasteiger charge is 2.09. The van der Waals surface area contributed by atoms with E-state index in [1.54, 1.807) is 18.2 Å². The lowest BCUT2D eigenvalue weighted by Gasteiger charge is -2.17. The Morgan fingerprint density at radius 2 is 1.37 bits per heavy atom. The van der Waals surface area contributed by atoms with Gasteiger partial charge in [-0.1, -0.05) is 0 Å². The van der Waals surface area contributed by atoms with E-state index in [4.69, 9.17) is 18.9 Å². The van der Waals surface area contributed by atoms with Crippen molar-refractivity contribution in [2.24, 2.45) is 0 Å². The molecule has 0 aliphatic rings. The number of carbonyl (C=O) groups excluding carboxylic acids is 1. The molecule has 0 bridgehead atoms. The number of hydrogen-bond donors (Lipinski definition) is 0. The molecular weight excluding hydrogens is 553 g/mol. The Morgan fingerprint density at radius 3 is 1.77 bits per heavy atom. The summed E-state index contributed by atoms with van der Waals surface area (Å²) in [7, 11) is 0. The number of halogens is 5. The molecule has 0 unspecified atom stereocenters. The minimum Gasteiger partial charge on any atom is -0.488 e. The summed E-state index contributed by atoms with van der Waals surface area (Å²) in [4.78, 5) is 9.90. The van der Waals surface area contributed by atoms with E-state index in [1.807, 2.05) is 13.8 Å². The van der Waals surface area contributed by atoms with Crippen LogP contribution < -0.4 is 9.47 Å². The first-order chi connectivity index (χ1) is 13.9. The van der Waals surface area contributed by atoms with Gasteiger partial charge in [0, 0.05) is 25.3 Å². The van der Waals surface area contributed by atoms with E-state index >= 15 is 0 Å². The molecule has 30 heavy (non-hydrogen) atoms. The van der Waals surface area contributed by atoms with Crippen LogP contribution in [0.25, 0.3) is 0 Å². The van der Waals surface area contributed by atoms with Crippen LogP contribution in [0.2, 0.25) is 0 Å². The van der Waals surface area contributed by atoms with Crippen LogP contribution in [0.5, 0.6) is 11.5 Å². The molecule has 0 aliphatic heterocycles. The largest absolute Gasteiger partial charge is 0.488 e. The summed E-state index contributed by atoms with van der Waals surface area (Å²) in [5.41, 5.74) is 0. The predicted molar refractivity (Wildman–Crippen MR) is 120 cm³/mol. The number of hydrogen-bond acceptors (Lipinski definition) is 5. The second-order valence-corrected chi connectivity index (χ2v) is 6.99. The lowest BCUT2D eigenvalue weighted by molar-refractivity contribution is -0.152. The van der Waals surface area contributed by atoms with Gasteiger partial charge in [-0.25, -0.2) is 8.78 Å². The Balaban J connectivity index is 0.000000573. The molecule has 0 aliphatic carbocycles. The number of carbonyl (C=O) groups is 1. The highest BCUT2D eigenvalue weighted by molar-refractivity contribution is 9.10. The Labute approximate surface area is 197 Å². The highest BCUT2D eigenvalue weighted by atomic mass is 79.9. The van der Waals surface area contributed by atoms with Crippen LogP contribution in [-0.4, -0.2) is 39.0 Å². The van der Waals surface area contributed by atoms with Gasteiger partial charge in [0.05, 0.1) is 8.95 Å². The van der Waals surface area contributed by atoms with Gasteiger partial charge in [0.1, 0.15) is 36.3 Å².